The van der Waals surface area contributed by atoms with Crippen LogP contribution in [0.25, 0.3) is 22.3 Å². The molecule has 2 nitrogen and oxygen atoms in total. The first kappa shape index (κ1) is 22.0. The summed E-state index contributed by atoms with van der Waals surface area (Å²) in [5.41, 5.74) is 11.2. The largest absolute Gasteiger partial charge is 0.457 e. The number of para-hydroxylation sites is 2. The summed E-state index contributed by atoms with van der Waals surface area (Å²) in [5.74, 6) is 1.78. The van der Waals surface area contributed by atoms with E-state index in [0.29, 0.717) is 0 Å². The molecule has 0 atom stereocenters. The molecule has 0 saturated carbocycles. The normalized spacial score (nSPS) is 13.7. The Morgan fingerprint density at radius 2 is 0.821 bits per heavy atom. The van der Waals surface area contributed by atoms with Crippen molar-refractivity contribution in [3.63, 3.8) is 0 Å². The van der Waals surface area contributed by atoms with Crippen molar-refractivity contribution in [3.05, 3.63) is 168 Å². The molecular weight excluding hydrogens is 474 g/mol. The Bertz CT molecular complexity index is 1720. The van der Waals surface area contributed by atoms with Crippen molar-refractivity contribution in [1.82, 2.24) is 0 Å². The SMILES string of the molecule is c1ccc(-c2ccc3c(c2)C2(c4ccccc4Nc4ccccc42)c2cc(-c4ccccc4)ccc2O3)cc1. The summed E-state index contributed by atoms with van der Waals surface area (Å²) < 4.78 is 6.70. The van der Waals surface area contributed by atoms with Crippen molar-refractivity contribution in [1.29, 1.82) is 0 Å². The number of anilines is 2. The molecule has 2 aliphatic rings. The van der Waals surface area contributed by atoms with Gasteiger partial charge in [-0.2, -0.15) is 0 Å². The van der Waals surface area contributed by atoms with Crippen molar-refractivity contribution in [2.45, 2.75) is 5.41 Å². The molecule has 1 spiro atoms. The van der Waals surface area contributed by atoms with Crippen LogP contribution in [0, 0.1) is 0 Å². The van der Waals surface area contributed by atoms with Gasteiger partial charge in [-0.15, -0.1) is 0 Å². The molecule has 8 rings (SSSR count). The van der Waals surface area contributed by atoms with Crippen LogP contribution in [0.2, 0.25) is 0 Å². The third kappa shape index (κ3) is 3.22. The summed E-state index contributed by atoms with van der Waals surface area (Å²) in [6.07, 6.45) is 0. The van der Waals surface area contributed by atoms with Gasteiger partial charge in [0.15, 0.2) is 0 Å². The summed E-state index contributed by atoms with van der Waals surface area (Å²) in [7, 11) is 0. The van der Waals surface area contributed by atoms with Gasteiger partial charge < -0.3 is 10.1 Å². The fourth-order valence-corrected chi connectivity index (χ4v) is 6.42. The lowest BCUT2D eigenvalue weighted by Crippen LogP contribution is -2.37. The smallest absolute Gasteiger partial charge is 0.132 e. The molecule has 2 heterocycles. The monoisotopic (exact) mass is 499 g/mol. The van der Waals surface area contributed by atoms with Crippen LogP contribution >= 0.6 is 0 Å². The molecule has 0 aromatic heterocycles. The second-order valence-electron chi connectivity index (χ2n) is 10.2. The summed E-state index contributed by atoms with van der Waals surface area (Å²) in [4.78, 5) is 0. The van der Waals surface area contributed by atoms with Crippen LogP contribution < -0.4 is 10.1 Å². The van der Waals surface area contributed by atoms with Crippen molar-refractivity contribution in [2.75, 3.05) is 5.32 Å². The highest BCUT2D eigenvalue weighted by Gasteiger charge is 2.49. The second kappa shape index (κ2) is 8.47. The maximum atomic E-state index is 6.70. The van der Waals surface area contributed by atoms with Crippen LogP contribution in [0.3, 0.4) is 0 Å². The molecule has 0 radical (unpaired) electrons. The van der Waals surface area contributed by atoms with Gasteiger partial charge in [0.25, 0.3) is 0 Å². The van der Waals surface area contributed by atoms with Crippen LogP contribution in [-0.4, -0.2) is 0 Å². The van der Waals surface area contributed by atoms with Gasteiger partial charge in [-0.3, -0.25) is 0 Å². The quantitative estimate of drug-likeness (QED) is 0.256. The van der Waals surface area contributed by atoms with Crippen LogP contribution in [0.15, 0.2) is 146 Å². The lowest BCUT2D eigenvalue weighted by Gasteiger charge is -2.46. The topological polar surface area (TPSA) is 21.3 Å². The van der Waals surface area contributed by atoms with Crippen LogP contribution in [0.4, 0.5) is 11.4 Å². The van der Waals surface area contributed by atoms with Crippen LogP contribution in [-0.2, 0) is 5.41 Å². The van der Waals surface area contributed by atoms with E-state index in [2.05, 4.69) is 151 Å². The predicted molar refractivity (Wildman–Crippen MR) is 159 cm³/mol. The molecule has 0 bridgehead atoms. The van der Waals surface area contributed by atoms with Gasteiger partial charge in [0.05, 0.1) is 5.41 Å². The second-order valence-corrected chi connectivity index (χ2v) is 10.2. The highest BCUT2D eigenvalue weighted by atomic mass is 16.5. The molecule has 0 aliphatic carbocycles. The predicted octanol–water partition coefficient (Wildman–Crippen LogP) is 9.57. The molecule has 2 heteroatoms. The molecule has 2 aliphatic heterocycles. The van der Waals surface area contributed by atoms with E-state index >= 15 is 0 Å². The summed E-state index contributed by atoms with van der Waals surface area (Å²) >= 11 is 0. The molecule has 1 N–H and O–H groups in total. The van der Waals surface area contributed by atoms with Crippen molar-refractivity contribution >= 4 is 11.4 Å². The number of nitrogens with one attached hydrogen (secondary N) is 1. The molecule has 39 heavy (non-hydrogen) atoms. The van der Waals surface area contributed by atoms with Gasteiger partial charge in [0.2, 0.25) is 0 Å². The Morgan fingerprint density at radius 1 is 0.385 bits per heavy atom. The number of benzene rings is 6. The molecule has 0 saturated heterocycles. The molecule has 0 unspecified atom stereocenters. The molecule has 0 amide bonds. The Kier molecular flexibility index (Phi) is 4.77. The minimum absolute atomic E-state index is 0.559. The zero-order valence-corrected chi connectivity index (χ0v) is 21.3. The zero-order chi connectivity index (χ0) is 25.8. The lowest BCUT2D eigenvalue weighted by atomic mass is 9.61. The van der Waals surface area contributed by atoms with Crippen molar-refractivity contribution < 1.29 is 4.74 Å². The molecule has 0 fully saturated rings. The van der Waals surface area contributed by atoms with Gasteiger partial charge in [-0.1, -0.05) is 109 Å². The van der Waals surface area contributed by atoms with Gasteiger partial charge in [-0.25, -0.2) is 0 Å². The van der Waals surface area contributed by atoms with Gasteiger partial charge in [-0.05, 0) is 69.8 Å². The summed E-state index contributed by atoms with van der Waals surface area (Å²) in [6.45, 7) is 0. The maximum absolute atomic E-state index is 6.70. The first-order chi connectivity index (χ1) is 19.3. The molecule has 6 aromatic rings. The number of rotatable bonds is 2. The number of ether oxygens (including phenoxy) is 1. The molecule has 6 aromatic carbocycles. The third-order valence-corrected chi connectivity index (χ3v) is 8.13. The van der Waals surface area contributed by atoms with Crippen molar-refractivity contribution in [3.8, 4) is 33.8 Å². The zero-order valence-electron chi connectivity index (χ0n) is 21.3. The highest BCUT2D eigenvalue weighted by Crippen LogP contribution is 2.61. The van der Waals surface area contributed by atoms with E-state index < -0.39 is 5.41 Å². The van der Waals surface area contributed by atoms with Crippen LogP contribution in [0.1, 0.15) is 22.3 Å². The first-order valence-corrected chi connectivity index (χ1v) is 13.4. The summed E-state index contributed by atoms with van der Waals surface area (Å²) in [6, 6.07) is 51.9. The fraction of sp³-hybridized carbons (Fsp3) is 0.0270. The maximum Gasteiger partial charge on any atom is 0.132 e. The standard InChI is InChI=1S/C37H25NO/c1-3-11-25(12-4-1)27-19-21-35-31(23-27)37(29-15-7-9-17-33(29)38-34-18-10-8-16-30(34)37)32-24-28(20-22-36(32)39-35)26-13-5-2-6-14-26/h1-24,38H. The molecule has 184 valence electrons. The third-order valence-electron chi connectivity index (χ3n) is 8.13. The number of hydrogen-bond acceptors (Lipinski definition) is 2. The number of fused-ring (bicyclic) bond motifs is 8. The van der Waals surface area contributed by atoms with Crippen LogP contribution in [0.5, 0.6) is 11.5 Å². The van der Waals surface area contributed by atoms with Gasteiger partial charge in [0, 0.05) is 22.5 Å². The minimum atomic E-state index is -0.559. The van der Waals surface area contributed by atoms with E-state index in [4.69, 9.17) is 4.74 Å². The Hall–Kier alpha value is -5.08. The lowest BCUT2D eigenvalue weighted by molar-refractivity contribution is 0.434. The minimum Gasteiger partial charge on any atom is -0.457 e. The van der Waals surface area contributed by atoms with E-state index in [-0.39, 0.29) is 0 Å². The Labute approximate surface area is 228 Å². The molecular formula is C37H25NO. The Morgan fingerprint density at radius 3 is 1.31 bits per heavy atom. The fourth-order valence-electron chi connectivity index (χ4n) is 6.42. The van der Waals surface area contributed by atoms with Crippen molar-refractivity contribution in [2.24, 2.45) is 0 Å². The summed E-state index contributed by atoms with van der Waals surface area (Å²) in [5, 5.41) is 3.73. The van der Waals surface area contributed by atoms with E-state index in [1.165, 1.54) is 33.4 Å². The van der Waals surface area contributed by atoms with E-state index in [0.717, 1.165) is 34.0 Å². The average molecular weight is 500 g/mol. The van der Waals surface area contributed by atoms with E-state index in [9.17, 15) is 0 Å². The number of hydrogen-bond donors (Lipinski definition) is 1. The highest BCUT2D eigenvalue weighted by molar-refractivity contribution is 5.86. The first-order valence-electron chi connectivity index (χ1n) is 13.4. The van der Waals surface area contributed by atoms with E-state index in [1.807, 2.05) is 0 Å². The van der Waals surface area contributed by atoms with E-state index in [1.54, 1.807) is 0 Å². The Balaban J connectivity index is 1.51. The average Bonchev–Trinajstić information content (AvgIpc) is 3.01. The van der Waals surface area contributed by atoms with Gasteiger partial charge >= 0.3 is 0 Å². The van der Waals surface area contributed by atoms with Gasteiger partial charge in [0.1, 0.15) is 11.5 Å².